The fourth-order valence-corrected chi connectivity index (χ4v) is 5.67. The highest BCUT2D eigenvalue weighted by Crippen LogP contribution is 2.55. The second kappa shape index (κ2) is 4.94. The van der Waals surface area contributed by atoms with Gasteiger partial charge in [0.1, 0.15) is 0 Å². The zero-order chi connectivity index (χ0) is 17.3. The van der Waals surface area contributed by atoms with Crippen LogP contribution in [0.5, 0.6) is 0 Å². The minimum Gasteiger partial charge on any atom is -0.500 e. The Labute approximate surface area is 147 Å². The van der Waals surface area contributed by atoms with E-state index in [2.05, 4.69) is 11.4 Å². The van der Waals surface area contributed by atoms with Gasteiger partial charge in [-0.05, 0) is 37.3 Å². The molecule has 130 valence electrons. The van der Waals surface area contributed by atoms with Crippen LogP contribution in [-0.4, -0.2) is 37.4 Å². The highest BCUT2D eigenvalue weighted by Gasteiger charge is 2.63. The first-order chi connectivity index (χ1) is 12.0. The van der Waals surface area contributed by atoms with Gasteiger partial charge in [0.25, 0.3) is 0 Å². The molecule has 25 heavy (non-hydrogen) atoms. The van der Waals surface area contributed by atoms with Gasteiger partial charge in [0.2, 0.25) is 5.91 Å². The number of ketones is 1. The molecule has 0 saturated carbocycles. The predicted molar refractivity (Wildman–Crippen MR) is 93.2 cm³/mol. The van der Waals surface area contributed by atoms with Crippen LogP contribution in [0.1, 0.15) is 25.3 Å². The van der Waals surface area contributed by atoms with Crippen molar-refractivity contribution in [1.29, 1.82) is 0 Å². The van der Waals surface area contributed by atoms with Crippen molar-refractivity contribution >= 4 is 17.4 Å². The quantitative estimate of drug-likeness (QED) is 0.848. The molecule has 1 aromatic carbocycles. The number of benzene rings is 1. The molecule has 0 radical (unpaired) electrons. The molecule has 5 atom stereocenters. The number of allylic oxidation sites excluding steroid dienone is 1. The molecule has 4 heterocycles. The maximum Gasteiger partial charge on any atom is 0.239 e. The number of hydrogen-bond acceptors (Lipinski definition) is 4. The average Bonchev–Trinajstić information content (AvgIpc) is 3.04. The molecule has 1 aromatic rings. The smallest absolute Gasteiger partial charge is 0.239 e. The Bertz CT molecular complexity index is 817. The Morgan fingerprint density at radius 2 is 2.16 bits per heavy atom. The first-order valence-corrected chi connectivity index (χ1v) is 9.00. The van der Waals surface area contributed by atoms with Crippen molar-refractivity contribution in [3.63, 3.8) is 0 Å². The summed E-state index contributed by atoms with van der Waals surface area (Å²) in [6.45, 7) is 2.23. The lowest BCUT2D eigenvalue weighted by molar-refractivity contribution is -0.123. The topological polar surface area (TPSA) is 58.6 Å². The van der Waals surface area contributed by atoms with Crippen molar-refractivity contribution in [2.45, 2.75) is 37.3 Å². The standard InChI is InChI=1S/C20H22N2O3/c1-11(23)13-9-25-10-14-12(13)7-18-20(8-16(14)21-18)15-5-3-4-6-17(15)22(2)19(20)24/h3-6,9,12,14,16,18,21H,7-8,10H2,1-2H3/t12?,14?,16?,18?,20-/m0/s1. The number of piperidine rings is 1. The van der Waals surface area contributed by atoms with Crippen molar-refractivity contribution in [2.75, 3.05) is 18.6 Å². The molecule has 0 aliphatic carbocycles. The molecule has 2 saturated heterocycles. The number of carbonyl (C=O) groups is 2. The van der Waals surface area contributed by atoms with Crippen molar-refractivity contribution in [3.05, 3.63) is 41.7 Å². The van der Waals surface area contributed by atoms with E-state index in [-0.39, 0.29) is 35.6 Å². The number of nitrogens with one attached hydrogen (secondary N) is 1. The van der Waals surface area contributed by atoms with Crippen molar-refractivity contribution in [2.24, 2.45) is 11.8 Å². The normalized spacial score (nSPS) is 38.2. The lowest BCUT2D eigenvalue weighted by Gasteiger charge is -2.41. The highest BCUT2D eigenvalue weighted by atomic mass is 16.5. The van der Waals surface area contributed by atoms with E-state index in [0.29, 0.717) is 6.61 Å². The van der Waals surface area contributed by atoms with Crippen LogP contribution in [-0.2, 0) is 19.7 Å². The molecule has 5 nitrogen and oxygen atoms in total. The Balaban J connectivity index is 1.61. The monoisotopic (exact) mass is 338 g/mol. The highest BCUT2D eigenvalue weighted by molar-refractivity contribution is 6.08. The SMILES string of the molecule is CC(=O)C1=COCC2C3C[C@@]4(C(=O)N(C)c5ccccc54)C(CC12)N3. The number of anilines is 1. The Hall–Kier alpha value is -2.14. The number of rotatable bonds is 1. The molecular weight excluding hydrogens is 316 g/mol. The molecule has 2 bridgehead atoms. The number of likely N-dealkylation sites (N-methyl/N-ethyl adjacent to an activating group) is 1. The zero-order valence-electron chi connectivity index (χ0n) is 14.5. The van der Waals surface area contributed by atoms with Gasteiger partial charge in [-0.2, -0.15) is 0 Å². The van der Waals surface area contributed by atoms with Crippen molar-refractivity contribution < 1.29 is 14.3 Å². The predicted octanol–water partition coefficient (Wildman–Crippen LogP) is 1.77. The van der Waals surface area contributed by atoms with E-state index in [1.54, 1.807) is 18.1 Å². The van der Waals surface area contributed by atoms with Gasteiger partial charge in [-0.3, -0.25) is 9.59 Å². The van der Waals surface area contributed by atoms with Crippen LogP contribution in [0, 0.1) is 11.8 Å². The van der Waals surface area contributed by atoms with Crippen LogP contribution < -0.4 is 10.2 Å². The summed E-state index contributed by atoms with van der Waals surface area (Å²) in [6.07, 6.45) is 3.24. The zero-order valence-corrected chi connectivity index (χ0v) is 14.5. The van der Waals surface area contributed by atoms with E-state index in [4.69, 9.17) is 4.74 Å². The molecule has 1 amide bonds. The number of hydrogen-bond donors (Lipinski definition) is 1. The molecule has 5 rings (SSSR count). The fourth-order valence-electron chi connectivity index (χ4n) is 5.67. The van der Waals surface area contributed by atoms with Crippen molar-refractivity contribution in [3.8, 4) is 0 Å². The summed E-state index contributed by atoms with van der Waals surface area (Å²) in [5, 5.41) is 3.71. The summed E-state index contributed by atoms with van der Waals surface area (Å²) < 4.78 is 5.61. The number of Topliss-reactive ketones (excluding diaryl/α,β-unsaturated/α-hetero) is 1. The average molecular weight is 338 g/mol. The molecule has 1 spiro atoms. The van der Waals surface area contributed by atoms with Crippen LogP contribution in [0.2, 0.25) is 0 Å². The lowest BCUT2D eigenvalue weighted by atomic mass is 9.72. The molecule has 4 unspecified atom stereocenters. The third kappa shape index (κ3) is 1.77. The van der Waals surface area contributed by atoms with E-state index in [1.807, 2.05) is 25.2 Å². The summed E-state index contributed by atoms with van der Waals surface area (Å²) in [6, 6.07) is 8.41. The van der Waals surface area contributed by atoms with Gasteiger partial charge < -0.3 is 15.0 Å². The van der Waals surface area contributed by atoms with E-state index >= 15 is 0 Å². The number of ether oxygens (including phenoxy) is 1. The van der Waals surface area contributed by atoms with Crippen LogP contribution >= 0.6 is 0 Å². The molecule has 5 heteroatoms. The molecule has 4 aliphatic heterocycles. The summed E-state index contributed by atoms with van der Waals surface area (Å²) in [5.74, 6) is 0.708. The molecule has 4 aliphatic rings. The fraction of sp³-hybridized carbons (Fsp3) is 0.500. The van der Waals surface area contributed by atoms with E-state index in [0.717, 1.165) is 29.7 Å². The summed E-state index contributed by atoms with van der Waals surface area (Å²) in [7, 11) is 1.87. The Kier molecular flexibility index (Phi) is 2.99. The van der Waals surface area contributed by atoms with Gasteiger partial charge in [-0.25, -0.2) is 0 Å². The third-order valence-corrected chi connectivity index (χ3v) is 6.81. The van der Waals surface area contributed by atoms with Gasteiger partial charge in [0.05, 0.1) is 18.3 Å². The number of carbonyl (C=O) groups excluding carboxylic acids is 2. The molecule has 2 fully saturated rings. The van der Waals surface area contributed by atoms with Gasteiger partial charge in [0, 0.05) is 36.3 Å². The van der Waals surface area contributed by atoms with Crippen LogP contribution in [0.25, 0.3) is 0 Å². The number of nitrogens with zero attached hydrogens (tertiary/aromatic N) is 1. The lowest BCUT2D eigenvalue weighted by Crippen LogP contribution is -2.53. The molecule has 0 aromatic heterocycles. The second-order valence-electron chi connectivity index (χ2n) is 7.85. The van der Waals surface area contributed by atoms with Gasteiger partial charge in [0.15, 0.2) is 5.78 Å². The maximum absolute atomic E-state index is 13.3. The first-order valence-electron chi connectivity index (χ1n) is 9.00. The number of fused-ring (bicyclic) bond motifs is 7. The second-order valence-corrected chi connectivity index (χ2v) is 7.85. The Morgan fingerprint density at radius 3 is 2.96 bits per heavy atom. The minimum atomic E-state index is -0.505. The van der Waals surface area contributed by atoms with Gasteiger partial charge >= 0.3 is 0 Å². The van der Waals surface area contributed by atoms with E-state index in [9.17, 15) is 9.59 Å². The van der Waals surface area contributed by atoms with E-state index < -0.39 is 5.41 Å². The molecular formula is C20H22N2O3. The van der Waals surface area contributed by atoms with Gasteiger partial charge in [-0.15, -0.1) is 0 Å². The summed E-state index contributed by atoms with van der Waals surface area (Å²) in [5.41, 5.74) is 2.44. The van der Waals surface area contributed by atoms with Crippen molar-refractivity contribution in [1.82, 2.24) is 5.32 Å². The summed E-state index contributed by atoms with van der Waals surface area (Å²) in [4.78, 5) is 27.2. The van der Waals surface area contributed by atoms with Crippen LogP contribution in [0.4, 0.5) is 5.69 Å². The van der Waals surface area contributed by atoms with Crippen LogP contribution in [0.3, 0.4) is 0 Å². The minimum absolute atomic E-state index is 0.0678. The Morgan fingerprint density at radius 1 is 1.36 bits per heavy atom. The first kappa shape index (κ1) is 15.1. The number of para-hydroxylation sites is 1. The maximum atomic E-state index is 13.3. The largest absolute Gasteiger partial charge is 0.500 e. The van der Waals surface area contributed by atoms with Crippen LogP contribution in [0.15, 0.2) is 36.1 Å². The third-order valence-electron chi connectivity index (χ3n) is 6.81. The summed E-state index contributed by atoms with van der Waals surface area (Å²) >= 11 is 0. The van der Waals surface area contributed by atoms with E-state index in [1.165, 1.54) is 0 Å². The number of amides is 1. The van der Waals surface area contributed by atoms with Gasteiger partial charge in [-0.1, -0.05) is 18.2 Å². The molecule has 1 N–H and O–H groups in total.